The van der Waals surface area contributed by atoms with Crippen LogP contribution in [-0.2, 0) is 5.41 Å². The summed E-state index contributed by atoms with van der Waals surface area (Å²) in [6.45, 7) is 8.13. The largest absolute Gasteiger partial charge is 0.507 e. The number of imidazole rings is 1. The Labute approximate surface area is 351 Å². The van der Waals surface area contributed by atoms with Gasteiger partial charge in [-0.1, -0.05) is 136 Å². The van der Waals surface area contributed by atoms with Crippen molar-refractivity contribution in [1.29, 1.82) is 0 Å². The molecule has 2 heterocycles. The SMILES string of the molecule is [2H]C([2H])([2H])c1cc(-n2c(-c3cc(C)cc(C)c3O)nc3c(-c4cc(-c5cc(-c6ccc(-c7ccccc7)cc6)ccn5)cc(C(C)(C)C)c4)cccc32)ccc1-c1ccccc1. The third-order valence-corrected chi connectivity index (χ3v) is 11.2. The minimum absolute atomic E-state index is 0.128. The molecule has 2 aromatic heterocycles. The molecule has 0 unspecified atom stereocenters. The molecule has 0 aliphatic carbocycles. The number of aryl methyl sites for hydroxylation is 3. The minimum Gasteiger partial charge on any atom is -0.507 e. The summed E-state index contributed by atoms with van der Waals surface area (Å²) in [5, 5.41) is 11.6. The average molecular weight is 769 g/mol. The summed E-state index contributed by atoms with van der Waals surface area (Å²) < 4.78 is 27.9. The molecule has 7 aromatic carbocycles. The van der Waals surface area contributed by atoms with Crippen LogP contribution in [0.15, 0.2) is 170 Å². The van der Waals surface area contributed by atoms with E-state index in [9.17, 15) is 5.11 Å². The Morgan fingerprint density at radius 2 is 1.22 bits per heavy atom. The summed E-state index contributed by atoms with van der Waals surface area (Å²) in [6.07, 6.45) is 1.88. The lowest BCUT2D eigenvalue weighted by Crippen LogP contribution is -2.11. The number of hydrogen-bond acceptors (Lipinski definition) is 3. The maximum atomic E-state index is 11.6. The van der Waals surface area contributed by atoms with Gasteiger partial charge in [-0.25, -0.2) is 4.98 Å². The third kappa shape index (κ3) is 7.23. The lowest BCUT2D eigenvalue weighted by atomic mass is 9.83. The molecule has 0 aliphatic heterocycles. The van der Waals surface area contributed by atoms with Gasteiger partial charge in [0.25, 0.3) is 0 Å². The van der Waals surface area contributed by atoms with Gasteiger partial charge in [-0.15, -0.1) is 0 Å². The predicted molar refractivity (Wildman–Crippen MR) is 246 cm³/mol. The number of aromatic nitrogens is 3. The Morgan fingerprint density at radius 3 is 1.93 bits per heavy atom. The van der Waals surface area contributed by atoms with E-state index in [0.717, 1.165) is 66.8 Å². The highest BCUT2D eigenvalue weighted by atomic mass is 16.3. The van der Waals surface area contributed by atoms with E-state index >= 15 is 0 Å². The quantitative estimate of drug-likeness (QED) is 0.176. The van der Waals surface area contributed by atoms with Crippen LogP contribution in [0.2, 0.25) is 0 Å². The number of rotatable bonds is 7. The number of para-hydroxylation sites is 1. The minimum atomic E-state index is -2.40. The molecule has 0 atom stereocenters. The van der Waals surface area contributed by atoms with Crippen molar-refractivity contribution in [1.82, 2.24) is 14.5 Å². The molecule has 59 heavy (non-hydrogen) atoms. The van der Waals surface area contributed by atoms with Crippen LogP contribution in [0.4, 0.5) is 0 Å². The molecule has 0 aliphatic rings. The monoisotopic (exact) mass is 768 g/mol. The summed E-state index contributed by atoms with van der Waals surface area (Å²) >= 11 is 0. The molecule has 4 nitrogen and oxygen atoms in total. The number of aromatic hydroxyl groups is 1. The predicted octanol–water partition coefficient (Wildman–Crippen LogP) is 14.4. The van der Waals surface area contributed by atoms with Crippen LogP contribution in [-0.4, -0.2) is 19.6 Å². The molecule has 0 bridgehead atoms. The van der Waals surface area contributed by atoms with Crippen LogP contribution < -0.4 is 0 Å². The number of phenols is 1. The number of phenolic OH excluding ortho intramolecular Hbond substituents is 1. The molecule has 4 heteroatoms. The molecule has 0 saturated carbocycles. The second-order valence-electron chi connectivity index (χ2n) is 16.4. The first kappa shape index (κ1) is 34.0. The first-order chi connectivity index (χ1) is 29.7. The molecule has 0 fully saturated rings. The fourth-order valence-electron chi connectivity index (χ4n) is 8.06. The number of nitrogens with zero attached hydrogens (tertiary/aromatic N) is 3. The second kappa shape index (κ2) is 15.0. The van der Waals surface area contributed by atoms with E-state index in [1.807, 2.05) is 97.4 Å². The summed E-state index contributed by atoms with van der Waals surface area (Å²) in [5.41, 5.74) is 15.3. The number of fused-ring (bicyclic) bond motifs is 1. The van der Waals surface area contributed by atoms with E-state index in [-0.39, 0.29) is 16.7 Å². The van der Waals surface area contributed by atoms with Gasteiger partial charge in [0, 0.05) is 27.1 Å². The zero-order valence-electron chi connectivity index (χ0n) is 37.0. The Kier molecular flexibility index (Phi) is 8.68. The van der Waals surface area contributed by atoms with Crippen LogP contribution in [0.25, 0.3) is 83.9 Å². The lowest BCUT2D eigenvalue weighted by Gasteiger charge is -2.22. The normalized spacial score (nSPS) is 12.6. The lowest BCUT2D eigenvalue weighted by molar-refractivity contribution is 0.472. The molecule has 0 saturated heterocycles. The standard InChI is InChI=1S/C55H47N3O/c1-35-28-37(3)53(59)49(29-35)54-57-52-48(18-13-19-51(52)58(54)46-24-25-47(36(2)30-46)41-16-11-8-12-17-41)43-31-44(33-45(32-43)55(4,5)6)50-34-42(26-27-56-50)40-22-20-39(21-23-40)38-14-9-7-10-15-38/h7-34,59H,1-6H3/i2D3. The van der Waals surface area contributed by atoms with Gasteiger partial charge in [0.2, 0.25) is 0 Å². The first-order valence-corrected chi connectivity index (χ1v) is 20.0. The van der Waals surface area contributed by atoms with Gasteiger partial charge in [-0.3, -0.25) is 9.55 Å². The molecule has 288 valence electrons. The Morgan fingerprint density at radius 1 is 0.542 bits per heavy atom. The van der Waals surface area contributed by atoms with Crippen molar-refractivity contribution >= 4 is 11.0 Å². The third-order valence-electron chi connectivity index (χ3n) is 11.2. The van der Waals surface area contributed by atoms with Crippen molar-refractivity contribution in [2.45, 2.75) is 46.9 Å². The van der Waals surface area contributed by atoms with E-state index < -0.39 is 6.85 Å². The summed E-state index contributed by atoms with van der Waals surface area (Å²) in [5.74, 6) is 0.642. The smallest absolute Gasteiger partial charge is 0.149 e. The van der Waals surface area contributed by atoms with Crippen LogP contribution in [0.5, 0.6) is 5.75 Å². The van der Waals surface area contributed by atoms with Gasteiger partial charge in [-0.05, 0) is 136 Å². The zero-order valence-corrected chi connectivity index (χ0v) is 34.0. The summed E-state index contributed by atoms with van der Waals surface area (Å²) in [6, 6.07) is 55.1. The van der Waals surface area contributed by atoms with Crippen molar-refractivity contribution in [3.8, 4) is 78.6 Å². The topological polar surface area (TPSA) is 50.9 Å². The number of benzene rings is 7. The zero-order chi connectivity index (χ0) is 43.3. The molecular formula is C55H47N3O. The molecule has 9 rings (SSSR count). The Bertz CT molecular complexity index is 3110. The average Bonchev–Trinajstić information content (AvgIpc) is 3.67. The fourth-order valence-corrected chi connectivity index (χ4v) is 8.06. The van der Waals surface area contributed by atoms with Crippen molar-refractivity contribution in [3.05, 3.63) is 192 Å². The highest BCUT2D eigenvalue weighted by molar-refractivity contribution is 5.97. The Hall–Kier alpha value is -7.04. The van der Waals surface area contributed by atoms with E-state index in [4.69, 9.17) is 14.1 Å². The van der Waals surface area contributed by atoms with Crippen LogP contribution in [0.1, 0.15) is 47.1 Å². The first-order valence-electron chi connectivity index (χ1n) is 21.5. The maximum absolute atomic E-state index is 11.6. The van der Waals surface area contributed by atoms with Gasteiger partial charge >= 0.3 is 0 Å². The number of hydrogen-bond donors (Lipinski definition) is 1. The molecule has 9 aromatic rings. The van der Waals surface area contributed by atoms with Crippen molar-refractivity contribution in [3.63, 3.8) is 0 Å². The molecule has 0 amide bonds. The van der Waals surface area contributed by atoms with Crippen LogP contribution in [0.3, 0.4) is 0 Å². The molecule has 0 spiro atoms. The maximum Gasteiger partial charge on any atom is 0.149 e. The summed E-state index contributed by atoms with van der Waals surface area (Å²) in [4.78, 5) is 10.3. The highest BCUT2D eigenvalue weighted by Crippen LogP contribution is 2.41. The summed E-state index contributed by atoms with van der Waals surface area (Å²) in [7, 11) is 0. The van der Waals surface area contributed by atoms with Crippen LogP contribution >= 0.6 is 0 Å². The van der Waals surface area contributed by atoms with E-state index in [1.165, 1.54) is 11.1 Å². The molecule has 0 radical (unpaired) electrons. The highest BCUT2D eigenvalue weighted by Gasteiger charge is 2.23. The van der Waals surface area contributed by atoms with E-state index in [2.05, 4.69) is 106 Å². The van der Waals surface area contributed by atoms with Gasteiger partial charge in [-0.2, -0.15) is 0 Å². The van der Waals surface area contributed by atoms with Gasteiger partial charge in [0.1, 0.15) is 11.6 Å². The van der Waals surface area contributed by atoms with Crippen LogP contribution in [0, 0.1) is 20.7 Å². The van der Waals surface area contributed by atoms with Crippen molar-refractivity contribution in [2.75, 3.05) is 0 Å². The van der Waals surface area contributed by atoms with Crippen molar-refractivity contribution < 1.29 is 9.22 Å². The van der Waals surface area contributed by atoms with Gasteiger partial charge in [0.15, 0.2) is 0 Å². The fraction of sp³-hybridized carbons (Fsp3) is 0.127. The van der Waals surface area contributed by atoms with Gasteiger partial charge < -0.3 is 5.11 Å². The molecule has 1 N–H and O–H groups in total. The van der Waals surface area contributed by atoms with Crippen molar-refractivity contribution in [2.24, 2.45) is 0 Å². The van der Waals surface area contributed by atoms with E-state index in [0.29, 0.717) is 22.6 Å². The second-order valence-corrected chi connectivity index (χ2v) is 16.4. The van der Waals surface area contributed by atoms with Gasteiger partial charge in [0.05, 0.1) is 22.3 Å². The molecular weight excluding hydrogens is 719 g/mol. The van der Waals surface area contributed by atoms with E-state index in [1.54, 1.807) is 6.07 Å². The number of pyridine rings is 1. The Balaban J connectivity index is 1.23.